The van der Waals surface area contributed by atoms with Gasteiger partial charge in [-0.1, -0.05) is 54.6 Å². The van der Waals surface area contributed by atoms with Crippen LogP contribution in [0.4, 0.5) is 0 Å². The smallest absolute Gasteiger partial charge is 0.0788 e. The molecule has 2 aromatic carbocycles. The van der Waals surface area contributed by atoms with Gasteiger partial charge in [-0.25, -0.2) is 4.98 Å². The molecule has 0 saturated heterocycles. The molecule has 4 rings (SSSR count). The number of fused-ring (bicyclic) bond motifs is 3. The van der Waals surface area contributed by atoms with Gasteiger partial charge in [0.1, 0.15) is 0 Å². The van der Waals surface area contributed by atoms with Crippen molar-refractivity contribution in [1.29, 1.82) is 0 Å². The van der Waals surface area contributed by atoms with E-state index in [1.165, 1.54) is 10.8 Å². The first-order valence-corrected chi connectivity index (χ1v) is 6.61. The summed E-state index contributed by atoms with van der Waals surface area (Å²) in [6.07, 6.45) is 3.68. The summed E-state index contributed by atoms with van der Waals surface area (Å²) < 4.78 is 0. The van der Waals surface area contributed by atoms with Crippen LogP contribution in [-0.2, 0) is 0 Å². The lowest BCUT2D eigenvalue weighted by atomic mass is 10.0. The van der Waals surface area contributed by atoms with Gasteiger partial charge in [0.05, 0.1) is 11.2 Å². The summed E-state index contributed by atoms with van der Waals surface area (Å²) in [7, 11) is 0. The number of benzene rings is 2. The third kappa shape index (κ3) is 1.66. The Morgan fingerprint density at radius 1 is 0.650 bits per heavy atom. The normalized spacial score (nSPS) is 11.0. The molecule has 2 aromatic heterocycles. The van der Waals surface area contributed by atoms with E-state index in [0.29, 0.717) is 0 Å². The van der Waals surface area contributed by atoms with Crippen LogP contribution >= 0.6 is 0 Å². The minimum atomic E-state index is 0.984. The van der Waals surface area contributed by atoms with Crippen molar-refractivity contribution in [2.24, 2.45) is 0 Å². The van der Waals surface area contributed by atoms with Gasteiger partial charge in [-0.3, -0.25) is 4.98 Å². The van der Waals surface area contributed by atoms with Crippen molar-refractivity contribution >= 4 is 21.7 Å². The summed E-state index contributed by atoms with van der Waals surface area (Å²) in [5, 5.41) is 3.46. The van der Waals surface area contributed by atoms with Gasteiger partial charge >= 0.3 is 0 Å². The number of pyridine rings is 2. The molecular weight excluding hydrogens is 244 g/mol. The number of rotatable bonds is 1. The van der Waals surface area contributed by atoms with Gasteiger partial charge in [0, 0.05) is 28.7 Å². The van der Waals surface area contributed by atoms with Crippen LogP contribution in [-0.4, -0.2) is 9.97 Å². The highest BCUT2D eigenvalue weighted by molar-refractivity contribution is 6.10. The maximum atomic E-state index is 4.83. The van der Waals surface area contributed by atoms with Crippen LogP contribution in [0.5, 0.6) is 0 Å². The van der Waals surface area contributed by atoms with Crippen LogP contribution in [0, 0.1) is 0 Å². The van der Waals surface area contributed by atoms with E-state index in [-0.39, 0.29) is 0 Å². The highest BCUT2D eigenvalue weighted by Crippen LogP contribution is 2.31. The van der Waals surface area contributed by atoms with Crippen molar-refractivity contribution < 1.29 is 0 Å². The van der Waals surface area contributed by atoms with Crippen molar-refractivity contribution in [3.05, 3.63) is 73.1 Å². The van der Waals surface area contributed by atoms with Crippen LogP contribution in [0.1, 0.15) is 0 Å². The van der Waals surface area contributed by atoms with E-state index < -0.39 is 0 Å². The maximum Gasteiger partial charge on any atom is 0.0788 e. The average Bonchev–Trinajstić information content (AvgIpc) is 2.55. The summed E-state index contributed by atoms with van der Waals surface area (Å²) >= 11 is 0. The number of hydrogen-bond acceptors (Lipinski definition) is 2. The molecule has 2 heteroatoms. The monoisotopic (exact) mass is 256 g/mol. The fraction of sp³-hybridized carbons (Fsp3) is 0. The molecular formula is C18H12N2. The van der Waals surface area contributed by atoms with Crippen LogP contribution in [0.25, 0.3) is 32.9 Å². The third-order valence-corrected chi connectivity index (χ3v) is 3.55. The number of hydrogen-bond donors (Lipinski definition) is 0. The molecule has 0 N–H and O–H groups in total. The molecule has 0 radical (unpaired) electrons. The van der Waals surface area contributed by atoms with Crippen molar-refractivity contribution in [3.63, 3.8) is 0 Å². The lowest BCUT2D eigenvalue weighted by molar-refractivity contribution is 1.34. The first-order valence-electron chi connectivity index (χ1n) is 6.61. The van der Waals surface area contributed by atoms with Crippen LogP contribution in [0.2, 0.25) is 0 Å². The molecule has 0 aliphatic carbocycles. The topological polar surface area (TPSA) is 25.8 Å². The first kappa shape index (κ1) is 11.1. The number of nitrogens with zero attached hydrogens (tertiary/aromatic N) is 2. The lowest BCUT2D eigenvalue weighted by Gasteiger charge is -2.09. The van der Waals surface area contributed by atoms with E-state index in [4.69, 9.17) is 4.98 Å². The Morgan fingerprint density at radius 2 is 1.40 bits per heavy atom. The predicted molar refractivity (Wildman–Crippen MR) is 82.5 cm³/mol. The Balaban J connectivity index is 2.19. The largest absolute Gasteiger partial charge is 0.264 e. The van der Waals surface area contributed by atoms with Crippen molar-refractivity contribution in [3.8, 4) is 11.3 Å². The lowest BCUT2D eigenvalue weighted by Crippen LogP contribution is -1.89. The molecule has 0 atom stereocenters. The minimum Gasteiger partial charge on any atom is -0.264 e. The molecule has 20 heavy (non-hydrogen) atoms. The molecule has 2 nitrogen and oxygen atoms in total. The quantitative estimate of drug-likeness (QED) is 0.470. The second-order valence-electron chi connectivity index (χ2n) is 4.76. The first-order chi connectivity index (χ1) is 9.93. The van der Waals surface area contributed by atoms with E-state index in [1.54, 1.807) is 6.20 Å². The molecule has 94 valence electrons. The standard InChI is InChI=1S/C18H12N2/c1-2-6-13(7-3-1)18-15-9-5-4-8-14(15)16-12-19-11-10-17(16)20-18/h1-12H. The van der Waals surface area contributed by atoms with Crippen LogP contribution in [0.15, 0.2) is 73.1 Å². The average molecular weight is 256 g/mol. The zero-order valence-electron chi connectivity index (χ0n) is 10.8. The van der Waals surface area contributed by atoms with Crippen molar-refractivity contribution in [2.75, 3.05) is 0 Å². The summed E-state index contributed by atoms with van der Waals surface area (Å²) in [5.41, 5.74) is 3.15. The summed E-state index contributed by atoms with van der Waals surface area (Å²) in [5.74, 6) is 0. The Kier molecular flexibility index (Phi) is 2.46. The van der Waals surface area contributed by atoms with E-state index in [9.17, 15) is 0 Å². The molecule has 2 heterocycles. The summed E-state index contributed by atoms with van der Waals surface area (Å²) in [4.78, 5) is 9.06. The maximum absolute atomic E-state index is 4.83. The Bertz CT molecular complexity index is 899. The second kappa shape index (κ2) is 4.42. The molecule has 0 fully saturated rings. The SMILES string of the molecule is c1ccc(-c2nc3ccncc3c3ccccc23)cc1. The van der Waals surface area contributed by atoms with Gasteiger partial charge in [0.2, 0.25) is 0 Å². The molecule has 0 saturated carbocycles. The Hall–Kier alpha value is -2.74. The van der Waals surface area contributed by atoms with Crippen LogP contribution < -0.4 is 0 Å². The van der Waals surface area contributed by atoms with Gasteiger partial charge in [-0.15, -0.1) is 0 Å². The number of aromatic nitrogens is 2. The van der Waals surface area contributed by atoms with Crippen LogP contribution in [0.3, 0.4) is 0 Å². The highest BCUT2D eigenvalue weighted by atomic mass is 14.7. The zero-order valence-corrected chi connectivity index (χ0v) is 10.8. The van der Waals surface area contributed by atoms with Gasteiger partial charge in [0.15, 0.2) is 0 Å². The summed E-state index contributed by atoms with van der Waals surface area (Å²) in [6.45, 7) is 0. The van der Waals surface area contributed by atoms with Crippen molar-refractivity contribution in [1.82, 2.24) is 9.97 Å². The van der Waals surface area contributed by atoms with E-state index in [2.05, 4.69) is 41.4 Å². The molecule has 0 aliphatic rings. The van der Waals surface area contributed by atoms with E-state index >= 15 is 0 Å². The predicted octanol–water partition coefficient (Wildman–Crippen LogP) is 4.45. The van der Waals surface area contributed by atoms with E-state index in [0.717, 1.165) is 22.2 Å². The molecule has 0 unspecified atom stereocenters. The van der Waals surface area contributed by atoms with Gasteiger partial charge in [-0.05, 0) is 11.5 Å². The molecule has 4 aromatic rings. The third-order valence-electron chi connectivity index (χ3n) is 3.55. The Labute approximate surface area is 116 Å². The fourth-order valence-corrected chi connectivity index (χ4v) is 2.61. The summed E-state index contributed by atoms with van der Waals surface area (Å²) in [6, 6.07) is 20.6. The van der Waals surface area contributed by atoms with Crippen molar-refractivity contribution in [2.45, 2.75) is 0 Å². The zero-order chi connectivity index (χ0) is 13.4. The fourth-order valence-electron chi connectivity index (χ4n) is 2.61. The second-order valence-corrected chi connectivity index (χ2v) is 4.76. The van der Waals surface area contributed by atoms with Gasteiger partial charge in [-0.2, -0.15) is 0 Å². The molecule has 0 bridgehead atoms. The van der Waals surface area contributed by atoms with E-state index in [1.807, 2.05) is 30.5 Å². The minimum absolute atomic E-state index is 0.984. The molecule has 0 aliphatic heterocycles. The highest BCUT2D eigenvalue weighted by Gasteiger charge is 2.09. The Morgan fingerprint density at radius 3 is 2.25 bits per heavy atom. The van der Waals surface area contributed by atoms with Gasteiger partial charge < -0.3 is 0 Å². The molecule has 0 amide bonds. The van der Waals surface area contributed by atoms with Gasteiger partial charge in [0.25, 0.3) is 0 Å². The molecule has 0 spiro atoms.